The molecule has 1 fully saturated rings. The van der Waals surface area contributed by atoms with Gasteiger partial charge in [-0.1, -0.05) is 32.0 Å². The zero-order chi connectivity index (χ0) is 22.9. The van der Waals surface area contributed by atoms with E-state index in [1.807, 2.05) is 26.0 Å². The van der Waals surface area contributed by atoms with Crippen LogP contribution in [0.25, 0.3) is 0 Å². The molecular formula is C21H27N3O6S. The molecule has 5 unspecified atom stereocenters. The van der Waals surface area contributed by atoms with E-state index in [1.54, 1.807) is 17.0 Å². The number of fused-ring (bicyclic) bond motifs is 3. The molecule has 2 aliphatic rings. The van der Waals surface area contributed by atoms with Crippen molar-refractivity contribution in [2.24, 2.45) is 5.92 Å². The number of hydrogen-bond donors (Lipinski definition) is 4. The fraction of sp³-hybridized carbons (Fsp3) is 0.524. The van der Waals surface area contributed by atoms with Crippen LogP contribution >= 0.6 is 11.8 Å². The lowest BCUT2D eigenvalue weighted by Crippen LogP contribution is -2.57. The first-order valence-electron chi connectivity index (χ1n) is 10.2. The number of carboxylic acid groups (broad SMARTS) is 1. The van der Waals surface area contributed by atoms with E-state index in [0.29, 0.717) is 11.3 Å². The summed E-state index contributed by atoms with van der Waals surface area (Å²) in [5.74, 6) is -2.29. The molecule has 9 nitrogen and oxygen atoms in total. The molecule has 0 bridgehead atoms. The van der Waals surface area contributed by atoms with E-state index in [4.69, 9.17) is 0 Å². The van der Waals surface area contributed by atoms with Gasteiger partial charge in [-0.3, -0.25) is 14.4 Å². The van der Waals surface area contributed by atoms with Gasteiger partial charge in [0, 0.05) is 11.3 Å². The van der Waals surface area contributed by atoms with E-state index in [-0.39, 0.29) is 23.6 Å². The average Bonchev–Trinajstić information content (AvgIpc) is 3.25. The van der Waals surface area contributed by atoms with Crippen molar-refractivity contribution in [3.8, 4) is 0 Å². The van der Waals surface area contributed by atoms with Gasteiger partial charge in [-0.25, -0.2) is 4.79 Å². The molecule has 5 atom stereocenters. The molecule has 3 rings (SSSR count). The molecule has 4 N–H and O–H groups in total. The van der Waals surface area contributed by atoms with Gasteiger partial charge in [0.15, 0.2) is 6.04 Å². The molecule has 2 heterocycles. The Bertz CT molecular complexity index is 890. The molecular weight excluding hydrogens is 422 g/mol. The van der Waals surface area contributed by atoms with Crippen molar-refractivity contribution in [3.63, 3.8) is 0 Å². The molecule has 1 aromatic rings. The maximum absolute atomic E-state index is 13.1. The van der Waals surface area contributed by atoms with Gasteiger partial charge in [-0.05, 0) is 30.9 Å². The van der Waals surface area contributed by atoms with Gasteiger partial charge < -0.3 is 25.7 Å². The summed E-state index contributed by atoms with van der Waals surface area (Å²) in [6, 6.07) is 4.04. The molecule has 3 amide bonds. The van der Waals surface area contributed by atoms with Crippen LogP contribution in [0.4, 0.5) is 0 Å². The van der Waals surface area contributed by atoms with Crippen LogP contribution in [0.5, 0.6) is 0 Å². The monoisotopic (exact) mass is 449 g/mol. The molecule has 0 aliphatic carbocycles. The number of amides is 3. The van der Waals surface area contributed by atoms with E-state index >= 15 is 0 Å². The van der Waals surface area contributed by atoms with E-state index in [0.717, 1.165) is 5.56 Å². The minimum atomic E-state index is -1.49. The van der Waals surface area contributed by atoms with Crippen molar-refractivity contribution in [2.45, 2.75) is 56.8 Å². The van der Waals surface area contributed by atoms with Crippen molar-refractivity contribution in [3.05, 3.63) is 35.4 Å². The Hall–Kier alpha value is -2.59. The normalized spacial score (nSPS) is 22.5. The number of rotatable bonds is 8. The first kappa shape index (κ1) is 23.1. The largest absolute Gasteiger partial charge is 0.480 e. The van der Waals surface area contributed by atoms with Crippen LogP contribution < -0.4 is 10.6 Å². The minimum absolute atomic E-state index is 0.0363. The third-order valence-electron chi connectivity index (χ3n) is 5.38. The number of aliphatic hydroxyl groups is 1. The SMILES string of the molecule is CC(C)CC(NC(=O)C1CSC2c3ccccc3C(=O)N12)C(=O)NC(C(=O)O)C(C)O. The van der Waals surface area contributed by atoms with E-state index in [1.165, 1.54) is 18.7 Å². The smallest absolute Gasteiger partial charge is 0.328 e. The van der Waals surface area contributed by atoms with Crippen molar-refractivity contribution >= 4 is 35.5 Å². The number of carboxylic acids is 1. The zero-order valence-electron chi connectivity index (χ0n) is 17.6. The van der Waals surface area contributed by atoms with E-state index in [2.05, 4.69) is 10.6 Å². The Labute approximate surface area is 184 Å². The van der Waals surface area contributed by atoms with Gasteiger partial charge in [0.1, 0.15) is 17.5 Å². The predicted octanol–water partition coefficient (Wildman–Crippen LogP) is 0.738. The summed E-state index contributed by atoms with van der Waals surface area (Å²) in [6.45, 7) is 5.01. The number of carbonyl (C=O) groups excluding carboxylic acids is 3. The molecule has 10 heteroatoms. The molecule has 1 saturated heterocycles. The van der Waals surface area contributed by atoms with E-state index < -0.39 is 42.0 Å². The molecule has 0 aromatic heterocycles. The lowest BCUT2D eigenvalue weighted by molar-refractivity contribution is -0.145. The lowest BCUT2D eigenvalue weighted by Gasteiger charge is -2.27. The molecule has 31 heavy (non-hydrogen) atoms. The molecule has 0 spiro atoms. The molecule has 2 aliphatic heterocycles. The number of aliphatic carboxylic acids is 1. The Morgan fingerprint density at radius 3 is 2.48 bits per heavy atom. The average molecular weight is 450 g/mol. The van der Waals surface area contributed by atoms with Gasteiger partial charge in [-0.2, -0.15) is 0 Å². The number of thioether (sulfide) groups is 1. The summed E-state index contributed by atoms with van der Waals surface area (Å²) in [7, 11) is 0. The van der Waals surface area contributed by atoms with Gasteiger partial charge in [-0.15, -0.1) is 11.8 Å². The Morgan fingerprint density at radius 1 is 1.19 bits per heavy atom. The van der Waals surface area contributed by atoms with Crippen LogP contribution in [0.1, 0.15) is 48.5 Å². The van der Waals surface area contributed by atoms with Crippen LogP contribution in [0, 0.1) is 5.92 Å². The maximum Gasteiger partial charge on any atom is 0.328 e. The van der Waals surface area contributed by atoms with Crippen molar-refractivity contribution in [1.29, 1.82) is 0 Å². The maximum atomic E-state index is 13.1. The van der Waals surface area contributed by atoms with Crippen LogP contribution in [0.2, 0.25) is 0 Å². The van der Waals surface area contributed by atoms with Crippen molar-refractivity contribution in [1.82, 2.24) is 15.5 Å². The highest BCUT2D eigenvalue weighted by molar-refractivity contribution is 7.99. The number of hydrogen-bond acceptors (Lipinski definition) is 6. The molecule has 168 valence electrons. The summed E-state index contributed by atoms with van der Waals surface area (Å²) in [5, 5.41) is 23.6. The number of nitrogens with one attached hydrogen (secondary N) is 2. The van der Waals surface area contributed by atoms with Crippen molar-refractivity contribution < 1.29 is 29.4 Å². The van der Waals surface area contributed by atoms with Gasteiger partial charge in [0.2, 0.25) is 11.8 Å². The molecule has 0 saturated carbocycles. The van der Waals surface area contributed by atoms with Crippen molar-refractivity contribution in [2.75, 3.05) is 5.75 Å². The molecule has 0 radical (unpaired) electrons. The summed E-state index contributed by atoms with van der Waals surface area (Å²) >= 11 is 1.50. The van der Waals surface area contributed by atoms with Crippen LogP contribution in [-0.2, 0) is 14.4 Å². The van der Waals surface area contributed by atoms with Crippen LogP contribution in [0.3, 0.4) is 0 Å². The summed E-state index contributed by atoms with van der Waals surface area (Å²) in [5.41, 5.74) is 1.46. The minimum Gasteiger partial charge on any atom is -0.480 e. The Kier molecular flexibility index (Phi) is 6.90. The standard InChI is InChI=1S/C21H27N3O6S/c1-10(2)8-14(17(26)23-16(11(3)25)21(29)30)22-18(27)15-9-31-20-13-7-5-4-6-12(13)19(28)24(15)20/h4-7,10-11,14-16,20,25H,8-9H2,1-3H3,(H,22,27)(H,23,26)(H,29,30). The lowest BCUT2D eigenvalue weighted by atomic mass is 10.0. The van der Waals surface area contributed by atoms with Gasteiger partial charge in [0.25, 0.3) is 5.91 Å². The second-order valence-electron chi connectivity index (χ2n) is 8.26. The number of carbonyl (C=O) groups is 4. The second-order valence-corrected chi connectivity index (χ2v) is 9.37. The Balaban J connectivity index is 1.74. The highest BCUT2D eigenvalue weighted by atomic mass is 32.2. The first-order valence-corrected chi connectivity index (χ1v) is 11.2. The summed E-state index contributed by atoms with van der Waals surface area (Å²) in [6.07, 6.45) is -1.02. The first-order chi connectivity index (χ1) is 14.6. The fourth-order valence-electron chi connectivity index (χ4n) is 3.86. The molecule has 1 aromatic carbocycles. The fourth-order valence-corrected chi connectivity index (χ4v) is 5.32. The van der Waals surface area contributed by atoms with Gasteiger partial charge >= 0.3 is 5.97 Å². The topological polar surface area (TPSA) is 136 Å². The zero-order valence-corrected chi connectivity index (χ0v) is 18.4. The highest BCUT2D eigenvalue weighted by Gasteiger charge is 2.48. The highest BCUT2D eigenvalue weighted by Crippen LogP contribution is 2.48. The number of aliphatic hydroxyl groups excluding tert-OH is 1. The quantitative estimate of drug-likeness (QED) is 0.459. The third-order valence-corrected chi connectivity index (χ3v) is 6.69. The van der Waals surface area contributed by atoms with E-state index in [9.17, 15) is 29.4 Å². The number of nitrogens with zero attached hydrogens (tertiary/aromatic N) is 1. The third kappa shape index (κ3) is 4.69. The Morgan fingerprint density at radius 2 is 1.87 bits per heavy atom. The van der Waals surface area contributed by atoms with Crippen LogP contribution in [-0.4, -0.2) is 68.8 Å². The predicted molar refractivity (Wildman–Crippen MR) is 114 cm³/mol. The number of benzene rings is 1. The summed E-state index contributed by atoms with van der Waals surface area (Å²) < 4.78 is 0. The summed E-state index contributed by atoms with van der Waals surface area (Å²) in [4.78, 5) is 51.5. The second kappa shape index (κ2) is 9.27. The van der Waals surface area contributed by atoms with Crippen LogP contribution in [0.15, 0.2) is 24.3 Å². The van der Waals surface area contributed by atoms with Gasteiger partial charge in [0.05, 0.1) is 6.10 Å².